The molecule has 0 rings (SSSR count). The summed E-state index contributed by atoms with van der Waals surface area (Å²) in [7, 11) is 0. The third kappa shape index (κ3) is 15.5. The Hall–Kier alpha value is -0.530. The van der Waals surface area contributed by atoms with Crippen molar-refractivity contribution >= 4 is 5.97 Å². The molecule has 0 bridgehead atoms. The zero-order chi connectivity index (χ0) is 15.3. The standard InChI is InChI=1S/C18H36O2/c1-5-6-7-8-11-14-17(19)20-16-13-10-9-12-15-18(2,3)4/h5-16H2,1-4H3. The third-order valence-corrected chi connectivity index (χ3v) is 3.57. The second-order valence-electron chi connectivity index (χ2n) is 7.11. The lowest BCUT2D eigenvalue weighted by Gasteiger charge is -2.17. The van der Waals surface area contributed by atoms with E-state index in [4.69, 9.17) is 4.74 Å². The lowest BCUT2D eigenvalue weighted by Crippen LogP contribution is -2.06. The number of carbonyl (C=O) groups excluding carboxylic acids is 1. The molecule has 0 heterocycles. The zero-order valence-electron chi connectivity index (χ0n) is 14.3. The quantitative estimate of drug-likeness (QED) is 0.330. The van der Waals surface area contributed by atoms with E-state index in [1.54, 1.807) is 0 Å². The molecular formula is C18H36O2. The molecule has 0 aliphatic rings. The van der Waals surface area contributed by atoms with Gasteiger partial charge in [0, 0.05) is 6.42 Å². The Kier molecular flexibility index (Phi) is 11.9. The topological polar surface area (TPSA) is 26.3 Å². The summed E-state index contributed by atoms with van der Waals surface area (Å²) >= 11 is 0. The highest BCUT2D eigenvalue weighted by atomic mass is 16.5. The molecule has 0 fully saturated rings. The van der Waals surface area contributed by atoms with Crippen LogP contribution in [-0.2, 0) is 9.53 Å². The van der Waals surface area contributed by atoms with Crippen molar-refractivity contribution in [3.05, 3.63) is 0 Å². The van der Waals surface area contributed by atoms with Gasteiger partial charge in [0.15, 0.2) is 0 Å². The van der Waals surface area contributed by atoms with Gasteiger partial charge < -0.3 is 4.74 Å². The number of esters is 1. The Balaban J connectivity index is 3.23. The molecule has 0 radical (unpaired) electrons. The fraction of sp³-hybridized carbons (Fsp3) is 0.944. The van der Waals surface area contributed by atoms with Crippen molar-refractivity contribution in [1.29, 1.82) is 0 Å². The first kappa shape index (κ1) is 19.5. The second-order valence-corrected chi connectivity index (χ2v) is 7.11. The number of hydrogen-bond acceptors (Lipinski definition) is 2. The Bertz CT molecular complexity index is 228. The van der Waals surface area contributed by atoms with Gasteiger partial charge in [-0.05, 0) is 24.7 Å². The molecule has 0 spiro atoms. The van der Waals surface area contributed by atoms with E-state index >= 15 is 0 Å². The fourth-order valence-electron chi connectivity index (χ4n) is 2.24. The summed E-state index contributed by atoms with van der Waals surface area (Å²) in [5.41, 5.74) is 0.449. The van der Waals surface area contributed by atoms with Gasteiger partial charge >= 0.3 is 5.97 Å². The molecule has 0 aromatic heterocycles. The minimum atomic E-state index is -0.00353. The van der Waals surface area contributed by atoms with Crippen molar-refractivity contribution in [3.8, 4) is 0 Å². The highest BCUT2D eigenvalue weighted by Crippen LogP contribution is 2.22. The number of rotatable bonds is 12. The van der Waals surface area contributed by atoms with Gasteiger partial charge in [-0.15, -0.1) is 0 Å². The third-order valence-electron chi connectivity index (χ3n) is 3.57. The molecule has 2 nitrogen and oxygen atoms in total. The lowest BCUT2D eigenvalue weighted by molar-refractivity contribution is -0.143. The van der Waals surface area contributed by atoms with Crippen molar-refractivity contribution < 1.29 is 9.53 Å². The molecule has 0 unspecified atom stereocenters. The Morgan fingerprint density at radius 3 is 2.10 bits per heavy atom. The number of ether oxygens (including phenoxy) is 1. The van der Waals surface area contributed by atoms with Gasteiger partial charge in [0.1, 0.15) is 0 Å². The number of hydrogen-bond donors (Lipinski definition) is 0. The molecule has 0 atom stereocenters. The monoisotopic (exact) mass is 284 g/mol. The lowest BCUT2D eigenvalue weighted by atomic mass is 9.89. The van der Waals surface area contributed by atoms with E-state index in [1.807, 2.05) is 0 Å². The fourth-order valence-corrected chi connectivity index (χ4v) is 2.24. The molecule has 0 aromatic carbocycles. The Morgan fingerprint density at radius 2 is 1.45 bits per heavy atom. The van der Waals surface area contributed by atoms with Crippen LogP contribution in [0.5, 0.6) is 0 Å². The largest absolute Gasteiger partial charge is 0.466 e. The van der Waals surface area contributed by atoms with Crippen LogP contribution in [0.2, 0.25) is 0 Å². The van der Waals surface area contributed by atoms with E-state index in [0.717, 1.165) is 19.3 Å². The molecule has 0 aliphatic heterocycles. The van der Waals surface area contributed by atoms with Crippen LogP contribution in [0.4, 0.5) is 0 Å². The molecule has 0 aliphatic carbocycles. The normalized spacial score (nSPS) is 11.6. The maximum absolute atomic E-state index is 11.5. The molecule has 120 valence electrons. The Morgan fingerprint density at radius 1 is 0.850 bits per heavy atom. The maximum atomic E-state index is 11.5. The van der Waals surface area contributed by atoms with Crippen LogP contribution in [0.3, 0.4) is 0 Å². The minimum absolute atomic E-state index is 0.00353. The summed E-state index contributed by atoms with van der Waals surface area (Å²) in [6.07, 6.45) is 12.6. The van der Waals surface area contributed by atoms with E-state index in [-0.39, 0.29) is 5.97 Å². The van der Waals surface area contributed by atoms with Crippen molar-refractivity contribution in [3.63, 3.8) is 0 Å². The minimum Gasteiger partial charge on any atom is -0.466 e. The predicted molar refractivity (Wildman–Crippen MR) is 86.9 cm³/mol. The van der Waals surface area contributed by atoms with Crippen molar-refractivity contribution in [2.45, 2.75) is 98.3 Å². The number of carbonyl (C=O) groups is 1. The smallest absolute Gasteiger partial charge is 0.305 e. The van der Waals surface area contributed by atoms with Crippen LogP contribution < -0.4 is 0 Å². The molecule has 20 heavy (non-hydrogen) atoms. The summed E-state index contributed by atoms with van der Waals surface area (Å²) in [6.45, 7) is 9.68. The average Bonchev–Trinajstić information content (AvgIpc) is 2.36. The summed E-state index contributed by atoms with van der Waals surface area (Å²) in [4.78, 5) is 11.5. The number of unbranched alkanes of at least 4 members (excludes halogenated alkanes) is 7. The molecule has 0 amide bonds. The first-order valence-electron chi connectivity index (χ1n) is 8.61. The van der Waals surface area contributed by atoms with Gasteiger partial charge in [0.25, 0.3) is 0 Å². The zero-order valence-corrected chi connectivity index (χ0v) is 14.3. The first-order valence-corrected chi connectivity index (χ1v) is 8.61. The van der Waals surface area contributed by atoms with Gasteiger partial charge in [-0.25, -0.2) is 0 Å². The van der Waals surface area contributed by atoms with Gasteiger partial charge in [0.2, 0.25) is 0 Å². The molecular weight excluding hydrogens is 248 g/mol. The van der Waals surface area contributed by atoms with Crippen LogP contribution in [-0.4, -0.2) is 12.6 Å². The predicted octanol–water partition coefficient (Wildman–Crippen LogP) is 5.89. The molecule has 0 N–H and O–H groups in total. The van der Waals surface area contributed by atoms with Gasteiger partial charge in [0.05, 0.1) is 6.61 Å². The molecule has 2 heteroatoms. The van der Waals surface area contributed by atoms with Crippen molar-refractivity contribution in [2.75, 3.05) is 6.61 Å². The summed E-state index contributed by atoms with van der Waals surface area (Å²) < 4.78 is 5.26. The van der Waals surface area contributed by atoms with E-state index in [2.05, 4.69) is 27.7 Å². The van der Waals surface area contributed by atoms with E-state index in [9.17, 15) is 4.79 Å². The van der Waals surface area contributed by atoms with Gasteiger partial charge in [-0.1, -0.05) is 72.6 Å². The van der Waals surface area contributed by atoms with E-state index < -0.39 is 0 Å². The van der Waals surface area contributed by atoms with Crippen LogP contribution in [0.25, 0.3) is 0 Å². The average molecular weight is 284 g/mol. The van der Waals surface area contributed by atoms with Gasteiger partial charge in [-0.3, -0.25) is 4.79 Å². The summed E-state index contributed by atoms with van der Waals surface area (Å²) in [6, 6.07) is 0. The van der Waals surface area contributed by atoms with Crippen LogP contribution in [0.1, 0.15) is 98.3 Å². The van der Waals surface area contributed by atoms with Crippen LogP contribution >= 0.6 is 0 Å². The SMILES string of the molecule is CCCCCCCC(=O)OCCCCCCC(C)(C)C. The molecule has 0 saturated heterocycles. The first-order chi connectivity index (χ1) is 9.45. The highest BCUT2D eigenvalue weighted by Gasteiger charge is 2.08. The van der Waals surface area contributed by atoms with Crippen LogP contribution in [0, 0.1) is 5.41 Å². The van der Waals surface area contributed by atoms with Gasteiger partial charge in [-0.2, -0.15) is 0 Å². The van der Waals surface area contributed by atoms with Crippen LogP contribution in [0.15, 0.2) is 0 Å². The van der Waals surface area contributed by atoms with E-state index in [1.165, 1.54) is 44.9 Å². The maximum Gasteiger partial charge on any atom is 0.305 e. The molecule has 0 aromatic rings. The Labute approximate surface area is 126 Å². The van der Waals surface area contributed by atoms with Crippen molar-refractivity contribution in [1.82, 2.24) is 0 Å². The molecule has 0 saturated carbocycles. The summed E-state index contributed by atoms with van der Waals surface area (Å²) in [5, 5.41) is 0. The van der Waals surface area contributed by atoms with E-state index in [0.29, 0.717) is 18.4 Å². The highest BCUT2D eigenvalue weighted by molar-refractivity contribution is 5.69. The van der Waals surface area contributed by atoms with Crippen molar-refractivity contribution in [2.24, 2.45) is 5.41 Å². The second kappa shape index (κ2) is 12.2. The summed E-state index contributed by atoms with van der Waals surface area (Å²) in [5.74, 6) is -0.00353.